The summed E-state index contributed by atoms with van der Waals surface area (Å²) < 4.78 is 10.1. The van der Waals surface area contributed by atoms with Gasteiger partial charge in [0.2, 0.25) is 11.7 Å². The summed E-state index contributed by atoms with van der Waals surface area (Å²) in [6, 6.07) is 7.53. The maximum absolute atomic E-state index is 12.6. The van der Waals surface area contributed by atoms with Crippen molar-refractivity contribution in [2.24, 2.45) is 0 Å². The predicted octanol–water partition coefficient (Wildman–Crippen LogP) is 2.01. The number of carbonyl (C=O) groups excluding carboxylic acids is 2. The van der Waals surface area contributed by atoms with Gasteiger partial charge in [0.25, 0.3) is 11.8 Å². The van der Waals surface area contributed by atoms with Crippen molar-refractivity contribution in [2.45, 2.75) is 12.8 Å². The summed E-state index contributed by atoms with van der Waals surface area (Å²) >= 11 is 0. The number of nitrogens with zero attached hydrogens (tertiary/aromatic N) is 6. The second-order valence-corrected chi connectivity index (χ2v) is 8.07. The molecule has 0 spiro atoms. The fraction of sp³-hybridized carbons (Fsp3) is 0.348. The Kier molecular flexibility index (Phi) is 5.41. The molecule has 0 unspecified atom stereocenters. The van der Waals surface area contributed by atoms with Gasteiger partial charge >= 0.3 is 0 Å². The Hall–Kier alpha value is -3.95. The smallest absolute Gasteiger partial charge is 0.292 e. The topological polar surface area (TPSA) is 105 Å². The summed E-state index contributed by atoms with van der Waals surface area (Å²) in [7, 11) is 3.29. The lowest BCUT2D eigenvalue weighted by Gasteiger charge is -2.34. The molecule has 0 atom stereocenters. The SMILES string of the molecule is COc1cc(C(=O)N2CCN(c3cncc(-c4ccc5c(c4)CCC(=O)N5C)n3)CC2)on1. The molecule has 1 fully saturated rings. The Morgan fingerprint density at radius 3 is 2.67 bits per heavy atom. The molecule has 4 heterocycles. The number of carbonyl (C=O) groups is 2. The van der Waals surface area contributed by atoms with E-state index in [2.05, 4.69) is 21.1 Å². The predicted molar refractivity (Wildman–Crippen MR) is 120 cm³/mol. The zero-order valence-corrected chi connectivity index (χ0v) is 18.5. The van der Waals surface area contributed by atoms with Gasteiger partial charge in [-0.25, -0.2) is 4.98 Å². The summed E-state index contributed by atoms with van der Waals surface area (Å²) in [5.74, 6) is 1.15. The van der Waals surface area contributed by atoms with Crippen LogP contribution in [0.2, 0.25) is 0 Å². The lowest BCUT2D eigenvalue weighted by atomic mass is 9.98. The molecular weight excluding hydrogens is 424 g/mol. The van der Waals surface area contributed by atoms with Crippen LogP contribution in [0.3, 0.4) is 0 Å². The highest BCUT2D eigenvalue weighted by Crippen LogP contribution is 2.31. The van der Waals surface area contributed by atoms with E-state index in [0.29, 0.717) is 32.6 Å². The molecule has 3 aromatic rings. The van der Waals surface area contributed by atoms with E-state index in [1.165, 1.54) is 13.2 Å². The molecule has 2 aromatic heterocycles. The van der Waals surface area contributed by atoms with Gasteiger partial charge in [-0.2, -0.15) is 0 Å². The molecule has 0 N–H and O–H groups in total. The maximum atomic E-state index is 12.6. The number of anilines is 2. The van der Waals surface area contributed by atoms with E-state index >= 15 is 0 Å². The van der Waals surface area contributed by atoms with Crippen molar-refractivity contribution < 1.29 is 18.8 Å². The quantitative estimate of drug-likeness (QED) is 0.597. The van der Waals surface area contributed by atoms with Crippen molar-refractivity contribution in [3.8, 4) is 17.1 Å². The van der Waals surface area contributed by atoms with E-state index in [9.17, 15) is 9.59 Å². The largest absolute Gasteiger partial charge is 0.479 e. The van der Waals surface area contributed by atoms with Crippen molar-refractivity contribution in [3.05, 3.63) is 48.0 Å². The highest BCUT2D eigenvalue weighted by molar-refractivity contribution is 5.96. The van der Waals surface area contributed by atoms with Crippen LogP contribution >= 0.6 is 0 Å². The van der Waals surface area contributed by atoms with E-state index in [1.54, 1.807) is 22.2 Å². The molecule has 1 aromatic carbocycles. The number of hydrogen-bond acceptors (Lipinski definition) is 8. The highest BCUT2D eigenvalue weighted by atomic mass is 16.5. The van der Waals surface area contributed by atoms with E-state index in [0.717, 1.165) is 34.7 Å². The number of fused-ring (bicyclic) bond motifs is 1. The van der Waals surface area contributed by atoms with E-state index in [4.69, 9.17) is 14.2 Å². The number of piperazine rings is 1. The number of hydrogen-bond donors (Lipinski definition) is 0. The summed E-state index contributed by atoms with van der Waals surface area (Å²) in [4.78, 5) is 39.4. The van der Waals surface area contributed by atoms with E-state index in [1.807, 2.05) is 19.2 Å². The van der Waals surface area contributed by atoms with Gasteiger partial charge in [0.15, 0.2) is 0 Å². The first kappa shape index (κ1) is 20.9. The van der Waals surface area contributed by atoms with Crippen molar-refractivity contribution in [3.63, 3.8) is 0 Å². The Bertz CT molecular complexity index is 1200. The Morgan fingerprint density at radius 2 is 1.91 bits per heavy atom. The molecule has 2 aliphatic heterocycles. The Balaban J connectivity index is 1.28. The van der Waals surface area contributed by atoms with Gasteiger partial charge in [-0.1, -0.05) is 6.07 Å². The minimum absolute atomic E-state index is 0.136. The fourth-order valence-electron chi connectivity index (χ4n) is 4.21. The first-order chi connectivity index (χ1) is 16.0. The molecule has 0 radical (unpaired) electrons. The second-order valence-electron chi connectivity index (χ2n) is 8.07. The molecule has 5 rings (SSSR count). The number of benzene rings is 1. The van der Waals surface area contributed by atoms with Gasteiger partial charge in [0, 0.05) is 50.9 Å². The van der Waals surface area contributed by atoms with Gasteiger partial charge < -0.3 is 24.0 Å². The molecule has 170 valence electrons. The third-order valence-corrected chi connectivity index (χ3v) is 6.14. The first-order valence-electron chi connectivity index (χ1n) is 10.8. The molecule has 10 nitrogen and oxygen atoms in total. The van der Waals surface area contributed by atoms with Crippen LogP contribution in [0.4, 0.5) is 11.5 Å². The molecular formula is C23H24N6O4. The van der Waals surface area contributed by atoms with Crippen LogP contribution in [0.5, 0.6) is 5.88 Å². The molecule has 0 bridgehead atoms. The third kappa shape index (κ3) is 3.99. The van der Waals surface area contributed by atoms with Crippen LogP contribution in [0.25, 0.3) is 11.3 Å². The van der Waals surface area contributed by atoms with Gasteiger partial charge in [0.1, 0.15) is 5.82 Å². The average molecular weight is 448 g/mol. The lowest BCUT2D eigenvalue weighted by molar-refractivity contribution is -0.118. The van der Waals surface area contributed by atoms with Gasteiger partial charge in [0.05, 0.1) is 31.3 Å². The zero-order chi connectivity index (χ0) is 22.9. The summed E-state index contributed by atoms with van der Waals surface area (Å²) in [6.45, 7) is 2.33. The van der Waals surface area contributed by atoms with Gasteiger partial charge in [-0.15, -0.1) is 0 Å². The van der Waals surface area contributed by atoms with Crippen molar-refractivity contribution in [1.82, 2.24) is 20.0 Å². The summed E-state index contributed by atoms with van der Waals surface area (Å²) in [5.41, 5.74) is 3.84. The van der Waals surface area contributed by atoms with Gasteiger partial charge in [-0.05, 0) is 29.3 Å². The number of rotatable bonds is 4. The van der Waals surface area contributed by atoms with Gasteiger partial charge in [-0.3, -0.25) is 14.6 Å². The van der Waals surface area contributed by atoms with Crippen LogP contribution < -0.4 is 14.5 Å². The van der Waals surface area contributed by atoms with Crippen LogP contribution in [0, 0.1) is 0 Å². The third-order valence-electron chi connectivity index (χ3n) is 6.14. The maximum Gasteiger partial charge on any atom is 0.292 e. The van der Waals surface area contributed by atoms with Crippen molar-refractivity contribution in [1.29, 1.82) is 0 Å². The molecule has 33 heavy (non-hydrogen) atoms. The summed E-state index contributed by atoms with van der Waals surface area (Å²) in [6.07, 6.45) is 4.74. The fourth-order valence-corrected chi connectivity index (χ4v) is 4.21. The minimum atomic E-state index is -0.206. The van der Waals surface area contributed by atoms with E-state index in [-0.39, 0.29) is 23.5 Å². The highest BCUT2D eigenvalue weighted by Gasteiger charge is 2.26. The molecule has 0 saturated carbocycles. The van der Waals surface area contributed by atoms with Crippen molar-refractivity contribution >= 4 is 23.3 Å². The first-order valence-corrected chi connectivity index (χ1v) is 10.8. The normalized spacial score (nSPS) is 16.1. The molecule has 0 aliphatic carbocycles. The summed E-state index contributed by atoms with van der Waals surface area (Å²) in [5, 5.41) is 3.69. The molecule has 2 amide bonds. The number of aromatic nitrogens is 3. The molecule has 2 aliphatic rings. The van der Waals surface area contributed by atoms with Crippen LogP contribution in [-0.4, -0.2) is 72.2 Å². The zero-order valence-electron chi connectivity index (χ0n) is 18.5. The number of methoxy groups -OCH3 is 1. The monoisotopic (exact) mass is 448 g/mol. The van der Waals surface area contributed by atoms with Crippen LogP contribution in [0.1, 0.15) is 22.5 Å². The Morgan fingerprint density at radius 1 is 1.09 bits per heavy atom. The number of aryl methyl sites for hydroxylation is 1. The number of ether oxygens (including phenoxy) is 1. The van der Waals surface area contributed by atoms with E-state index < -0.39 is 0 Å². The van der Waals surface area contributed by atoms with Crippen molar-refractivity contribution in [2.75, 3.05) is 50.1 Å². The standard InChI is InChI=1S/C23H24N6O4/c1-27-18-5-3-15(11-16(18)4-6-22(27)30)17-13-24-14-20(25-17)28-7-9-29(10-8-28)23(31)19-12-21(32-2)26-33-19/h3,5,11-14H,4,6-10H2,1-2H3. The number of amides is 2. The van der Waals surface area contributed by atoms with Crippen LogP contribution in [0.15, 0.2) is 41.2 Å². The lowest BCUT2D eigenvalue weighted by Crippen LogP contribution is -2.49. The molecule has 1 saturated heterocycles. The van der Waals surface area contributed by atoms with Crippen LogP contribution in [-0.2, 0) is 11.2 Å². The average Bonchev–Trinajstić information content (AvgIpc) is 3.35. The Labute approximate surface area is 190 Å². The molecule has 10 heteroatoms. The second kappa shape index (κ2) is 8.53. The minimum Gasteiger partial charge on any atom is -0.479 e.